The van der Waals surface area contributed by atoms with Gasteiger partial charge in [-0.1, -0.05) is 141 Å². The summed E-state index contributed by atoms with van der Waals surface area (Å²) in [4.78, 5) is 45.6. The minimum Gasteiger partial charge on any atom is -0.374 e. The lowest BCUT2D eigenvalue weighted by Crippen LogP contribution is -2.58. The maximum absolute atomic E-state index is 14.3. The van der Waals surface area contributed by atoms with Crippen LogP contribution in [0, 0.1) is 5.92 Å². The first kappa shape index (κ1) is 46.8. The van der Waals surface area contributed by atoms with E-state index < -0.39 is 24.2 Å². The fraction of sp³-hybridized carbons (Fsp3) is 0.245. The van der Waals surface area contributed by atoms with Gasteiger partial charge in [-0.15, -0.1) is 20.4 Å². The van der Waals surface area contributed by atoms with Gasteiger partial charge in [-0.25, -0.2) is 0 Å². The van der Waals surface area contributed by atoms with E-state index in [4.69, 9.17) is 22.9 Å². The van der Waals surface area contributed by atoms with Gasteiger partial charge in [0.05, 0.1) is 6.04 Å². The van der Waals surface area contributed by atoms with Crippen molar-refractivity contribution in [2.24, 2.45) is 49.3 Å². The number of nitrogens with zero attached hydrogens (tertiary/aromatic N) is 6. The largest absolute Gasteiger partial charge is 0.374 e. The number of carbonyl (C=O) groups excluding carboxylic acids is 3. The molecule has 1 saturated heterocycles. The maximum atomic E-state index is 14.3. The second-order valence-electron chi connectivity index (χ2n) is 16.0. The van der Waals surface area contributed by atoms with Gasteiger partial charge in [0.2, 0.25) is 23.7 Å². The summed E-state index contributed by atoms with van der Waals surface area (Å²) < 4.78 is 0. The highest BCUT2D eigenvalue weighted by molar-refractivity contribution is 6.14. The van der Waals surface area contributed by atoms with E-state index in [1.807, 2.05) is 117 Å². The molecule has 0 aliphatic carbocycles. The molecule has 0 aromatic heterocycles. The molecule has 0 saturated carbocycles. The van der Waals surface area contributed by atoms with Crippen LogP contribution < -0.4 is 33.6 Å². The zero-order valence-corrected chi connectivity index (χ0v) is 36.5. The summed E-state index contributed by atoms with van der Waals surface area (Å²) in [6.07, 6.45) is -0.419. The highest BCUT2D eigenvalue weighted by Gasteiger charge is 2.33. The smallest absolute Gasteiger partial charge is 0.251 e. The van der Waals surface area contributed by atoms with Crippen LogP contribution in [0.5, 0.6) is 0 Å². The Labute approximate surface area is 378 Å². The first-order chi connectivity index (χ1) is 31.4. The fourth-order valence-electron chi connectivity index (χ4n) is 7.45. The molecule has 3 atom stereocenters. The number of hydrogen-bond acceptors (Lipinski definition) is 9. The number of aliphatic hydroxyl groups is 1. The van der Waals surface area contributed by atoms with E-state index >= 15 is 0 Å². The Bertz CT molecular complexity index is 2480. The van der Waals surface area contributed by atoms with Gasteiger partial charge >= 0.3 is 0 Å². The van der Waals surface area contributed by atoms with Gasteiger partial charge in [-0.05, 0) is 35.6 Å². The predicted octanol–water partition coefficient (Wildman–Crippen LogP) is 3.45. The molecule has 16 nitrogen and oxygen atoms in total. The molecular weight excluding hydrogens is 821 g/mol. The molecule has 16 heteroatoms. The quantitative estimate of drug-likeness (QED) is 0.0312. The summed E-state index contributed by atoms with van der Waals surface area (Å²) in [6.45, 7) is 5.12. The summed E-state index contributed by atoms with van der Waals surface area (Å²) >= 11 is 0. The second kappa shape index (κ2) is 22.6. The molecule has 5 aromatic rings. The molecule has 2 unspecified atom stereocenters. The Morgan fingerprint density at radius 2 is 0.954 bits per heavy atom. The molecule has 65 heavy (non-hydrogen) atoms. The topological polar surface area (TPSA) is 256 Å². The first-order valence-corrected chi connectivity index (χ1v) is 21.4. The summed E-state index contributed by atoms with van der Waals surface area (Å²) in [6, 6.07) is 40.7. The Kier molecular flexibility index (Phi) is 16.3. The van der Waals surface area contributed by atoms with Crippen molar-refractivity contribution in [2.45, 2.75) is 45.0 Å². The lowest BCUT2D eigenvalue weighted by Gasteiger charge is -2.38. The van der Waals surface area contributed by atoms with Crippen LogP contribution in [-0.2, 0) is 16.0 Å². The summed E-state index contributed by atoms with van der Waals surface area (Å²) in [7, 11) is 0. The number of aliphatic hydroxyl groups excluding tert-OH is 1. The highest BCUT2D eigenvalue weighted by Crippen LogP contribution is 2.20. The molecule has 5 aromatic carbocycles. The number of benzene rings is 5. The SMILES string of the molecule is CC(C)CC(NC(O)c1ccc(C(=NN=C(N)N)c2ccccc2)cc1)C(=O)N1CCN(C(=O)[C@H](Cc2ccccc2)NC(=O)c2ccc(C(=NN=C(N)N)c3ccccc3)cc2)CC1. The van der Waals surface area contributed by atoms with Gasteiger partial charge in [0.25, 0.3) is 5.91 Å². The highest BCUT2D eigenvalue weighted by atomic mass is 16.3. The van der Waals surface area contributed by atoms with Gasteiger partial charge in [0.1, 0.15) is 23.7 Å². The van der Waals surface area contributed by atoms with Crippen molar-refractivity contribution in [3.05, 3.63) is 178 Å². The minimum atomic E-state index is -1.16. The lowest BCUT2D eigenvalue weighted by molar-refractivity contribution is -0.142. The van der Waals surface area contributed by atoms with E-state index in [1.54, 1.807) is 46.2 Å². The van der Waals surface area contributed by atoms with Gasteiger partial charge in [-0.2, -0.15) is 0 Å². The number of nitrogens with two attached hydrogens (primary N) is 4. The zero-order valence-electron chi connectivity index (χ0n) is 36.5. The summed E-state index contributed by atoms with van der Waals surface area (Å²) in [5.41, 5.74) is 28.0. The van der Waals surface area contributed by atoms with Crippen LogP contribution >= 0.6 is 0 Å². The zero-order chi connectivity index (χ0) is 46.3. The average Bonchev–Trinajstić information content (AvgIpc) is 3.32. The van der Waals surface area contributed by atoms with Crippen LogP contribution in [0.15, 0.2) is 160 Å². The molecule has 1 heterocycles. The molecule has 0 spiro atoms. The molecule has 0 radical (unpaired) electrons. The predicted molar refractivity (Wildman–Crippen MR) is 255 cm³/mol. The van der Waals surface area contributed by atoms with Gasteiger partial charge in [0, 0.05) is 60.4 Å². The first-order valence-electron chi connectivity index (χ1n) is 21.4. The number of rotatable bonds is 17. The van der Waals surface area contributed by atoms with Crippen molar-refractivity contribution in [1.29, 1.82) is 0 Å². The van der Waals surface area contributed by atoms with E-state index in [1.165, 1.54) is 0 Å². The van der Waals surface area contributed by atoms with Crippen LogP contribution in [0.1, 0.15) is 70.2 Å². The fourth-order valence-corrected chi connectivity index (χ4v) is 7.45. The molecule has 1 fully saturated rings. The third-order valence-corrected chi connectivity index (χ3v) is 10.7. The molecule has 336 valence electrons. The summed E-state index contributed by atoms with van der Waals surface area (Å²) in [5.74, 6) is -1.08. The normalized spacial score (nSPS) is 14.5. The van der Waals surface area contributed by atoms with E-state index in [-0.39, 0.29) is 62.3 Å². The molecular formula is C49H56N12O4. The van der Waals surface area contributed by atoms with Crippen LogP contribution in [-0.4, -0.2) is 94.2 Å². The van der Waals surface area contributed by atoms with Crippen molar-refractivity contribution in [3.63, 3.8) is 0 Å². The van der Waals surface area contributed by atoms with Gasteiger partial charge in [0.15, 0.2) is 0 Å². The monoisotopic (exact) mass is 876 g/mol. The number of guanidine groups is 2. The van der Waals surface area contributed by atoms with Crippen LogP contribution in [0.3, 0.4) is 0 Å². The van der Waals surface area contributed by atoms with E-state index in [2.05, 4.69) is 31.0 Å². The standard InChI is InChI=1S/C49H56N12O4/c1-32(2)30-40(54-44(62)38-22-18-36(19-23-38)42(56-58-48(50)51)34-14-8-4-9-15-34)46(64)60-26-28-61(29-27-60)47(65)41(31-33-12-6-3-7-13-33)55-45(63)39-24-20-37(21-25-39)43(57-59-49(52)53)35-16-10-5-11-17-35/h3-25,32,40-41,44,54,62H,26-31H2,1-2H3,(H,55,63)(H4,50,51,58)(H4,52,53,59)/t40?,41-,44?/m0/s1. The number of amides is 3. The molecule has 11 N–H and O–H groups in total. The van der Waals surface area contributed by atoms with Gasteiger partial charge < -0.3 is 43.2 Å². The molecule has 3 amide bonds. The Morgan fingerprint density at radius 1 is 0.554 bits per heavy atom. The van der Waals surface area contributed by atoms with E-state index in [0.29, 0.717) is 34.5 Å². The maximum Gasteiger partial charge on any atom is 0.251 e. The third-order valence-electron chi connectivity index (χ3n) is 10.7. The molecule has 1 aliphatic rings. The van der Waals surface area contributed by atoms with Crippen molar-refractivity contribution >= 4 is 41.1 Å². The Hall–Kier alpha value is -7.69. The van der Waals surface area contributed by atoms with Crippen LogP contribution in [0.4, 0.5) is 0 Å². The number of piperazine rings is 1. The average molecular weight is 877 g/mol. The molecule has 6 rings (SSSR count). The molecule has 0 bridgehead atoms. The van der Waals surface area contributed by atoms with Crippen LogP contribution in [0.2, 0.25) is 0 Å². The van der Waals surface area contributed by atoms with E-state index in [9.17, 15) is 19.5 Å². The number of nitrogens with one attached hydrogen (secondary N) is 2. The van der Waals surface area contributed by atoms with E-state index in [0.717, 1.165) is 22.3 Å². The number of carbonyl (C=O) groups is 3. The Morgan fingerprint density at radius 3 is 1.40 bits per heavy atom. The number of hydrogen-bond donors (Lipinski definition) is 7. The minimum absolute atomic E-state index is 0.136. The molecule has 1 aliphatic heterocycles. The third kappa shape index (κ3) is 13.2. The van der Waals surface area contributed by atoms with Crippen molar-refractivity contribution in [1.82, 2.24) is 20.4 Å². The van der Waals surface area contributed by atoms with Crippen molar-refractivity contribution < 1.29 is 19.5 Å². The van der Waals surface area contributed by atoms with Crippen LogP contribution in [0.25, 0.3) is 0 Å². The van der Waals surface area contributed by atoms with Gasteiger partial charge in [-0.3, -0.25) is 19.7 Å². The van der Waals surface area contributed by atoms with Crippen molar-refractivity contribution in [3.8, 4) is 0 Å². The summed E-state index contributed by atoms with van der Waals surface area (Å²) in [5, 5.41) is 33.7. The second-order valence-corrected chi connectivity index (χ2v) is 16.0. The van der Waals surface area contributed by atoms with Crippen molar-refractivity contribution in [2.75, 3.05) is 26.2 Å². The Balaban J connectivity index is 1.11. The lowest BCUT2D eigenvalue weighted by atomic mass is 9.99.